The Morgan fingerprint density at radius 2 is 1.95 bits per heavy atom. The van der Waals surface area contributed by atoms with Gasteiger partial charge in [-0.05, 0) is 37.5 Å². The van der Waals surface area contributed by atoms with Gasteiger partial charge in [-0.2, -0.15) is 5.10 Å². The fraction of sp³-hybridized carbons (Fsp3) is 0.562. The zero-order valence-corrected chi connectivity index (χ0v) is 13.2. The van der Waals surface area contributed by atoms with Gasteiger partial charge in [-0.1, -0.05) is 31.4 Å². The Kier molecular flexibility index (Phi) is 5.72. The lowest BCUT2D eigenvalue weighted by Crippen LogP contribution is -2.21. The lowest BCUT2D eigenvalue weighted by Gasteiger charge is -2.19. The SMILES string of the molecule is CC/C(=N\N1CCCCCC1)c1cc(Cl)ccc1NC. The summed E-state index contributed by atoms with van der Waals surface area (Å²) in [5, 5.41) is 11.1. The van der Waals surface area contributed by atoms with Crippen molar-refractivity contribution in [1.82, 2.24) is 5.01 Å². The molecule has 0 aliphatic carbocycles. The van der Waals surface area contributed by atoms with E-state index in [9.17, 15) is 0 Å². The van der Waals surface area contributed by atoms with Crippen LogP contribution >= 0.6 is 11.6 Å². The molecule has 4 heteroatoms. The molecule has 1 fully saturated rings. The summed E-state index contributed by atoms with van der Waals surface area (Å²) in [5.74, 6) is 0. The lowest BCUT2D eigenvalue weighted by molar-refractivity contribution is 0.300. The molecule has 110 valence electrons. The van der Waals surface area contributed by atoms with Gasteiger partial charge < -0.3 is 5.32 Å². The first-order valence-electron chi connectivity index (χ1n) is 7.54. The van der Waals surface area contributed by atoms with Gasteiger partial charge in [0.15, 0.2) is 0 Å². The molecule has 2 rings (SSSR count). The number of halogens is 1. The Morgan fingerprint density at radius 1 is 1.25 bits per heavy atom. The first kappa shape index (κ1) is 15.2. The summed E-state index contributed by atoms with van der Waals surface area (Å²) in [6.07, 6.45) is 6.05. The maximum atomic E-state index is 6.15. The van der Waals surface area contributed by atoms with Gasteiger partial charge in [0.25, 0.3) is 0 Å². The first-order chi connectivity index (χ1) is 9.74. The maximum Gasteiger partial charge on any atom is 0.0696 e. The summed E-state index contributed by atoms with van der Waals surface area (Å²) in [5.41, 5.74) is 3.32. The number of hydrazone groups is 1. The van der Waals surface area contributed by atoms with Crippen LogP contribution < -0.4 is 5.32 Å². The van der Waals surface area contributed by atoms with Crippen LogP contribution in [0.3, 0.4) is 0 Å². The molecule has 0 atom stereocenters. The molecule has 0 radical (unpaired) electrons. The zero-order chi connectivity index (χ0) is 14.4. The third-order valence-corrected chi connectivity index (χ3v) is 3.98. The van der Waals surface area contributed by atoms with Gasteiger partial charge in [0.1, 0.15) is 0 Å². The molecule has 3 nitrogen and oxygen atoms in total. The minimum atomic E-state index is 0.760. The molecule has 0 spiro atoms. The number of hydrogen-bond acceptors (Lipinski definition) is 3. The summed E-state index contributed by atoms with van der Waals surface area (Å²) in [6, 6.07) is 5.94. The summed E-state index contributed by atoms with van der Waals surface area (Å²) in [7, 11) is 1.94. The fourth-order valence-electron chi connectivity index (χ4n) is 2.61. The summed E-state index contributed by atoms with van der Waals surface area (Å²) < 4.78 is 0. The number of nitrogens with zero attached hydrogens (tertiary/aromatic N) is 2. The van der Waals surface area contributed by atoms with Crippen molar-refractivity contribution < 1.29 is 0 Å². The van der Waals surface area contributed by atoms with Crippen LogP contribution in [0.15, 0.2) is 23.3 Å². The normalized spacial score (nSPS) is 16.9. The van der Waals surface area contributed by atoms with Crippen LogP contribution in [0.2, 0.25) is 5.02 Å². The number of rotatable bonds is 4. The van der Waals surface area contributed by atoms with E-state index in [2.05, 4.69) is 17.2 Å². The van der Waals surface area contributed by atoms with Gasteiger partial charge in [-0.15, -0.1) is 0 Å². The van der Waals surface area contributed by atoms with Crippen LogP contribution in [0.5, 0.6) is 0 Å². The van der Waals surface area contributed by atoms with Crippen molar-refractivity contribution in [2.24, 2.45) is 5.10 Å². The van der Waals surface area contributed by atoms with E-state index in [0.717, 1.165) is 41.5 Å². The van der Waals surface area contributed by atoms with E-state index >= 15 is 0 Å². The van der Waals surface area contributed by atoms with Gasteiger partial charge in [-0.25, -0.2) is 0 Å². The van der Waals surface area contributed by atoms with Crippen molar-refractivity contribution >= 4 is 23.0 Å². The second-order valence-corrected chi connectivity index (χ2v) is 5.64. The smallest absolute Gasteiger partial charge is 0.0696 e. The highest BCUT2D eigenvalue weighted by molar-refractivity contribution is 6.31. The predicted octanol–water partition coefficient (Wildman–Crippen LogP) is 4.37. The Morgan fingerprint density at radius 3 is 2.55 bits per heavy atom. The molecule has 1 aromatic carbocycles. The van der Waals surface area contributed by atoms with Crippen LogP contribution in [-0.4, -0.2) is 30.9 Å². The maximum absolute atomic E-state index is 6.15. The minimum Gasteiger partial charge on any atom is -0.388 e. The Balaban J connectivity index is 2.28. The van der Waals surface area contributed by atoms with E-state index in [-0.39, 0.29) is 0 Å². The molecule has 1 aliphatic rings. The molecule has 0 aromatic heterocycles. The number of benzene rings is 1. The standard InChI is InChI=1S/C16H24ClN3/c1-3-15(19-20-10-6-4-5-7-11-20)14-12-13(17)8-9-16(14)18-2/h8-9,12,18H,3-7,10-11H2,1-2H3/b19-15+. The van der Waals surface area contributed by atoms with Crippen LogP contribution in [0, 0.1) is 0 Å². The molecule has 1 saturated heterocycles. The molecule has 1 aromatic rings. The van der Waals surface area contributed by atoms with E-state index in [0.29, 0.717) is 0 Å². The third kappa shape index (κ3) is 3.89. The molecule has 1 N–H and O–H groups in total. The monoisotopic (exact) mass is 293 g/mol. The fourth-order valence-corrected chi connectivity index (χ4v) is 2.79. The number of nitrogens with one attached hydrogen (secondary N) is 1. The molecule has 1 heterocycles. The van der Waals surface area contributed by atoms with Crippen molar-refractivity contribution in [3.8, 4) is 0 Å². The minimum absolute atomic E-state index is 0.760. The Labute approximate surface area is 127 Å². The molecular weight excluding hydrogens is 270 g/mol. The van der Waals surface area contributed by atoms with Crippen molar-refractivity contribution in [1.29, 1.82) is 0 Å². The second kappa shape index (κ2) is 7.53. The molecule has 0 saturated carbocycles. The number of anilines is 1. The average Bonchev–Trinajstić information content (AvgIpc) is 2.73. The molecular formula is C16H24ClN3. The Bertz CT molecular complexity index is 463. The highest BCUT2D eigenvalue weighted by atomic mass is 35.5. The molecule has 0 amide bonds. The van der Waals surface area contributed by atoms with E-state index in [1.165, 1.54) is 25.7 Å². The van der Waals surface area contributed by atoms with Gasteiger partial charge in [0.2, 0.25) is 0 Å². The predicted molar refractivity (Wildman–Crippen MR) is 87.9 cm³/mol. The quantitative estimate of drug-likeness (QED) is 0.835. The van der Waals surface area contributed by atoms with Crippen LogP contribution in [0.25, 0.3) is 0 Å². The number of hydrogen-bond donors (Lipinski definition) is 1. The zero-order valence-electron chi connectivity index (χ0n) is 12.5. The largest absolute Gasteiger partial charge is 0.388 e. The van der Waals surface area contributed by atoms with Crippen LogP contribution in [-0.2, 0) is 0 Å². The van der Waals surface area contributed by atoms with E-state index in [4.69, 9.17) is 16.7 Å². The lowest BCUT2D eigenvalue weighted by atomic mass is 10.1. The molecule has 1 aliphatic heterocycles. The van der Waals surface area contributed by atoms with Crippen molar-refractivity contribution in [3.63, 3.8) is 0 Å². The third-order valence-electron chi connectivity index (χ3n) is 3.74. The Hall–Kier alpha value is -1.22. The summed E-state index contributed by atoms with van der Waals surface area (Å²) in [6.45, 7) is 4.29. The highest BCUT2D eigenvalue weighted by Gasteiger charge is 2.12. The van der Waals surface area contributed by atoms with E-state index < -0.39 is 0 Å². The van der Waals surface area contributed by atoms with Crippen LogP contribution in [0.1, 0.15) is 44.6 Å². The summed E-state index contributed by atoms with van der Waals surface area (Å²) >= 11 is 6.15. The van der Waals surface area contributed by atoms with Crippen LogP contribution in [0.4, 0.5) is 5.69 Å². The van der Waals surface area contributed by atoms with E-state index in [1.54, 1.807) is 0 Å². The van der Waals surface area contributed by atoms with Gasteiger partial charge >= 0.3 is 0 Å². The molecule has 0 bridgehead atoms. The molecule has 0 unspecified atom stereocenters. The van der Waals surface area contributed by atoms with Crippen molar-refractivity contribution in [3.05, 3.63) is 28.8 Å². The van der Waals surface area contributed by atoms with Gasteiger partial charge in [0.05, 0.1) is 5.71 Å². The first-order valence-corrected chi connectivity index (χ1v) is 7.92. The van der Waals surface area contributed by atoms with Crippen molar-refractivity contribution in [2.45, 2.75) is 39.0 Å². The van der Waals surface area contributed by atoms with Gasteiger partial charge in [0, 0.05) is 36.4 Å². The van der Waals surface area contributed by atoms with E-state index in [1.807, 2.05) is 25.2 Å². The average molecular weight is 294 g/mol. The second-order valence-electron chi connectivity index (χ2n) is 5.21. The van der Waals surface area contributed by atoms with Gasteiger partial charge in [-0.3, -0.25) is 5.01 Å². The molecule has 20 heavy (non-hydrogen) atoms. The topological polar surface area (TPSA) is 27.6 Å². The van der Waals surface area contributed by atoms with Crippen molar-refractivity contribution in [2.75, 3.05) is 25.5 Å². The highest BCUT2D eigenvalue weighted by Crippen LogP contribution is 2.23. The summed E-state index contributed by atoms with van der Waals surface area (Å²) in [4.78, 5) is 0.